The molecular formula is C12H24BN+. The standard InChI is InChI=1S/C12H24BN/c1-11(2)10-13-7-5-9-14-8-4-6-12(14)3/h8,11-12H,4-7,9-10H2,1-3H3/q+1. The minimum absolute atomic E-state index is 0.792. The molecule has 0 saturated carbocycles. The van der Waals surface area contributed by atoms with Crippen molar-refractivity contribution in [2.24, 2.45) is 5.92 Å². The molecule has 1 aliphatic rings. The Balaban J connectivity index is 1.99. The molecule has 1 nitrogen and oxygen atoms in total. The molecule has 1 heterocycles. The smallest absolute Gasteiger partial charge is 0.150 e. The molecule has 14 heavy (non-hydrogen) atoms. The summed E-state index contributed by atoms with van der Waals surface area (Å²) >= 11 is 0. The molecule has 0 bridgehead atoms. The first-order valence-corrected chi connectivity index (χ1v) is 6.11. The van der Waals surface area contributed by atoms with Gasteiger partial charge in [-0.05, 0) is 13.3 Å². The molecule has 0 aliphatic carbocycles. The molecule has 1 rings (SSSR count). The minimum atomic E-state index is 0.792. The second-order valence-corrected chi connectivity index (χ2v) is 4.91. The topological polar surface area (TPSA) is 3.01 Å². The van der Waals surface area contributed by atoms with E-state index in [1.54, 1.807) is 0 Å². The Kier molecular flexibility index (Phi) is 5.28. The maximum absolute atomic E-state index is 2.52. The third-order valence-corrected chi connectivity index (χ3v) is 2.98. The zero-order chi connectivity index (χ0) is 10.4. The van der Waals surface area contributed by atoms with Crippen molar-refractivity contribution in [3.63, 3.8) is 0 Å². The summed E-state index contributed by atoms with van der Waals surface area (Å²) in [7, 11) is 2.45. The molecule has 79 valence electrons. The molecule has 1 radical (unpaired) electrons. The van der Waals surface area contributed by atoms with E-state index in [0.29, 0.717) is 0 Å². The molecule has 0 N–H and O–H groups in total. The molecule has 0 spiro atoms. The molecule has 1 atom stereocenters. The van der Waals surface area contributed by atoms with E-state index in [1.807, 2.05) is 0 Å². The Labute approximate surface area is 89.8 Å². The first-order valence-electron chi connectivity index (χ1n) is 6.11. The van der Waals surface area contributed by atoms with Crippen molar-refractivity contribution in [3.05, 3.63) is 0 Å². The highest BCUT2D eigenvalue weighted by atomic mass is 15.0. The van der Waals surface area contributed by atoms with Crippen LogP contribution in [-0.4, -0.2) is 30.7 Å². The quantitative estimate of drug-likeness (QED) is 0.346. The van der Waals surface area contributed by atoms with Gasteiger partial charge in [-0.1, -0.05) is 32.4 Å². The average Bonchev–Trinajstić information content (AvgIpc) is 2.51. The minimum Gasteiger partial charge on any atom is -0.237 e. The lowest BCUT2D eigenvalue weighted by molar-refractivity contribution is -0.550. The molecule has 0 aromatic heterocycles. The predicted octanol–water partition coefficient (Wildman–Crippen LogP) is 2.84. The highest BCUT2D eigenvalue weighted by Gasteiger charge is 2.19. The van der Waals surface area contributed by atoms with Gasteiger partial charge in [0.15, 0.2) is 0 Å². The Morgan fingerprint density at radius 1 is 1.50 bits per heavy atom. The molecule has 2 heteroatoms. The third kappa shape index (κ3) is 4.30. The average molecular weight is 193 g/mol. The van der Waals surface area contributed by atoms with E-state index in [1.165, 1.54) is 38.4 Å². The van der Waals surface area contributed by atoms with Crippen LogP contribution in [0.5, 0.6) is 0 Å². The molecule has 0 saturated heterocycles. The van der Waals surface area contributed by atoms with Gasteiger partial charge in [0.05, 0.1) is 0 Å². The zero-order valence-corrected chi connectivity index (χ0v) is 10.00. The number of hydrogen-bond donors (Lipinski definition) is 0. The predicted molar refractivity (Wildman–Crippen MR) is 64.7 cm³/mol. The van der Waals surface area contributed by atoms with Crippen molar-refractivity contribution in [1.29, 1.82) is 0 Å². The second-order valence-electron chi connectivity index (χ2n) is 4.91. The normalized spacial score (nSPS) is 21.4. The van der Waals surface area contributed by atoms with Gasteiger partial charge in [-0.3, -0.25) is 0 Å². The SMILES string of the molecule is CC(C)C[B]CCC[N+]1=CCCC1C. The van der Waals surface area contributed by atoms with E-state index in [4.69, 9.17) is 0 Å². The van der Waals surface area contributed by atoms with Crippen LogP contribution in [0.2, 0.25) is 12.6 Å². The monoisotopic (exact) mass is 193 g/mol. The lowest BCUT2D eigenvalue weighted by atomic mass is 9.66. The van der Waals surface area contributed by atoms with Crippen molar-refractivity contribution in [2.45, 2.75) is 58.7 Å². The van der Waals surface area contributed by atoms with E-state index in [2.05, 4.69) is 38.8 Å². The van der Waals surface area contributed by atoms with Crippen LogP contribution in [0, 0.1) is 5.92 Å². The number of rotatable bonds is 6. The van der Waals surface area contributed by atoms with Gasteiger partial charge in [0, 0.05) is 12.8 Å². The molecule has 1 unspecified atom stereocenters. The van der Waals surface area contributed by atoms with E-state index in [0.717, 1.165) is 12.0 Å². The van der Waals surface area contributed by atoms with Crippen LogP contribution < -0.4 is 0 Å². The highest BCUT2D eigenvalue weighted by molar-refractivity contribution is 6.35. The summed E-state index contributed by atoms with van der Waals surface area (Å²) in [5.74, 6) is 0.826. The summed E-state index contributed by atoms with van der Waals surface area (Å²) in [5, 5.41) is 0. The van der Waals surface area contributed by atoms with Gasteiger partial charge in [0.2, 0.25) is 0 Å². The summed E-state index contributed by atoms with van der Waals surface area (Å²) in [4.78, 5) is 0. The lowest BCUT2D eigenvalue weighted by Gasteiger charge is -2.05. The second kappa shape index (κ2) is 6.26. The van der Waals surface area contributed by atoms with Gasteiger partial charge in [-0.2, -0.15) is 0 Å². The molecule has 0 aromatic carbocycles. The maximum atomic E-state index is 2.52. The van der Waals surface area contributed by atoms with Crippen LogP contribution in [0.25, 0.3) is 0 Å². The summed E-state index contributed by atoms with van der Waals surface area (Å²) < 4.78 is 2.52. The van der Waals surface area contributed by atoms with Crippen LogP contribution in [0.3, 0.4) is 0 Å². The fraction of sp³-hybridized carbons (Fsp3) is 0.917. The summed E-state index contributed by atoms with van der Waals surface area (Å²) in [6, 6.07) is 0.792. The first-order chi connectivity index (χ1) is 6.70. The van der Waals surface area contributed by atoms with Crippen molar-refractivity contribution >= 4 is 13.5 Å². The highest BCUT2D eigenvalue weighted by Crippen LogP contribution is 2.09. The fourth-order valence-electron chi connectivity index (χ4n) is 2.01. The van der Waals surface area contributed by atoms with Gasteiger partial charge >= 0.3 is 0 Å². The number of nitrogens with zero attached hydrogens (tertiary/aromatic N) is 1. The molecular weight excluding hydrogens is 169 g/mol. The van der Waals surface area contributed by atoms with Gasteiger partial charge in [-0.25, -0.2) is 4.58 Å². The van der Waals surface area contributed by atoms with Crippen LogP contribution in [0.15, 0.2) is 0 Å². The van der Waals surface area contributed by atoms with Crippen LogP contribution in [0.1, 0.15) is 40.0 Å². The zero-order valence-electron chi connectivity index (χ0n) is 10.00. The fourth-order valence-corrected chi connectivity index (χ4v) is 2.01. The van der Waals surface area contributed by atoms with Gasteiger partial charge in [-0.15, -0.1) is 0 Å². The molecule has 0 fully saturated rings. The molecule has 0 aromatic rings. The van der Waals surface area contributed by atoms with E-state index < -0.39 is 0 Å². The summed E-state index contributed by atoms with van der Waals surface area (Å²) in [5.41, 5.74) is 0. The largest absolute Gasteiger partial charge is 0.237 e. The van der Waals surface area contributed by atoms with Crippen LogP contribution >= 0.6 is 0 Å². The number of hydrogen-bond acceptors (Lipinski definition) is 0. The van der Waals surface area contributed by atoms with E-state index >= 15 is 0 Å². The molecule has 0 amide bonds. The van der Waals surface area contributed by atoms with Gasteiger partial charge in [0.25, 0.3) is 0 Å². The van der Waals surface area contributed by atoms with Crippen molar-refractivity contribution in [1.82, 2.24) is 0 Å². The van der Waals surface area contributed by atoms with Gasteiger partial charge < -0.3 is 0 Å². The van der Waals surface area contributed by atoms with E-state index in [-0.39, 0.29) is 0 Å². The van der Waals surface area contributed by atoms with Crippen LogP contribution in [0.4, 0.5) is 0 Å². The van der Waals surface area contributed by atoms with E-state index in [9.17, 15) is 0 Å². The van der Waals surface area contributed by atoms with Crippen LogP contribution in [-0.2, 0) is 0 Å². The Morgan fingerprint density at radius 3 is 2.86 bits per heavy atom. The Bertz CT molecular complexity index is 187. The molecule has 1 aliphatic heterocycles. The Morgan fingerprint density at radius 2 is 2.29 bits per heavy atom. The summed E-state index contributed by atoms with van der Waals surface area (Å²) in [6.45, 7) is 8.16. The van der Waals surface area contributed by atoms with Gasteiger partial charge in [0.1, 0.15) is 26.1 Å². The lowest BCUT2D eigenvalue weighted by Crippen LogP contribution is -2.19. The summed E-state index contributed by atoms with van der Waals surface area (Å²) in [6.07, 6.45) is 8.92. The Hall–Kier alpha value is -0.265. The van der Waals surface area contributed by atoms with Crippen molar-refractivity contribution < 1.29 is 4.58 Å². The first kappa shape index (κ1) is 11.8. The maximum Gasteiger partial charge on any atom is 0.150 e. The third-order valence-electron chi connectivity index (χ3n) is 2.98. The van der Waals surface area contributed by atoms with Crippen molar-refractivity contribution in [2.75, 3.05) is 6.54 Å². The van der Waals surface area contributed by atoms with Crippen molar-refractivity contribution in [3.8, 4) is 0 Å².